The largest absolute Gasteiger partial charge is 0.396 e. The second kappa shape index (κ2) is 8.19. The van der Waals surface area contributed by atoms with E-state index in [4.69, 9.17) is 10.8 Å². The fraction of sp³-hybridized carbons (Fsp3) is 0.571. The summed E-state index contributed by atoms with van der Waals surface area (Å²) >= 11 is 0. The Morgan fingerprint density at radius 3 is 2.50 bits per heavy atom. The minimum absolute atomic E-state index is 0.0613. The molecule has 0 fully saturated rings. The van der Waals surface area contributed by atoms with Crippen LogP contribution in [0.5, 0.6) is 0 Å². The smallest absolute Gasteiger partial charge is 0.123 e. The zero-order valence-corrected chi connectivity index (χ0v) is 11.0. The second-order valence-electron chi connectivity index (χ2n) is 4.46. The fourth-order valence-electron chi connectivity index (χ4n) is 1.92. The second-order valence-corrected chi connectivity index (χ2v) is 4.46. The molecule has 0 aliphatic rings. The van der Waals surface area contributed by atoms with E-state index >= 15 is 0 Å². The van der Waals surface area contributed by atoms with Gasteiger partial charge >= 0.3 is 0 Å². The minimum atomic E-state index is -0.232. The summed E-state index contributed by atoms with van der Waals surface area (Å²) in [4.78, 5) is 2.26. The number of nitrogens with two attached hydrogens (primary N) is 1. The molecule has 0 bridgehead atoms. The summed E-state index contributed by atoms with van der Waals surface area (Å²) in [5.41, 5.74) is 7.05. The van der Waals surface area contributed by atoms with Crippen LogP contribution in [0.2, 0.25) is 0 Å². The lowest BCUT2D eigenvalue weighted by Crippen LogP contribution is -2.28. The average molecular weight is 254 g/mol. The molecule has 1 atom stereocenters. The lowest BCUT2D eigenvalue weighted by atomic mass is 10.0. The van der Waals surface area contributed by atoms with E-state index in [-0.39, 0.29) is 18.5 Å². The molecule has 3 N–H and O–H groups in total. The summed E-state index contributed by atoms with van der Waals surface area (Å²) < 4.78 is 12.8. The van der Waals surface area contributed by atoms with Crippen LogP contribution in [0.25, 0.3) is 0 Å². The molecule has 0 radical (unpaired) electrons. The first-order valence-corrected chi connectivity index (χ1v) is 6.51. The number of benzene rings is 1. The van der Waals surface area contributed by atoms with Crippen molar-refractivity contribution in [1.82, 2.24) is 4.90 Å². The third-order valence-corrected chi connectivity index (χ3v) is 3.13. The molecule has 1 rings (SSSR count). The molecule has 0 saturated heterocycles. The first-order valence-electron chi connectivity index (χ1n) is 6.51. The number of aliphatic hydroxyl groups is 1. The Kier molecular flexibility index (Phi) is 6.86. The van der Waals surface area contributed by atoms with Crippen molar-refractivity contribution in [3.8, 4) is 0 Å². The molecular weight excluding hydrogens is 231 g/mol. The third kappa shape index (κ3) is 5.12. The van der Waals surface area contributed by atoms with Gasteiger partial charge in [-0.3, -0.25) is 0 Å². The van der Waals surface area contributed by atoms with Crippen LogP contribution in [0.3, 0.4) is 0 Å². The van der Waals surface area contributed by atoms with Gasteiger partial charge in [0.1, 0.15) is 5.82 Å². The average Bonchev–Trinajstić information content (AvgIpc) is 2.39. The quantitative estimate of drug-likeness (QED) is 0.745. The Bertz CT molecular complexity index is 329. The van der Waals surface area contributed by atoms with Crippen molar-refractivity contribution in [3.63, 3.8) is 0 Å². The molecule has 0 saturated carbocycles. The van der Waals surface area contributed by atoms with E-state index in [1.807, 2.05) is 0 Å². The highest BCUT2D eigenvalue weighted by molar-refractivity contribution is 5.19. The number of nitrogens with zero attached hydrogens (tertiary/aromatic N) is 1. The van der Waals surface area contributed by atoms with Gasteiger partial charge in [0.05, 0.1) is 0 Å². The lowest BCUT2D eigenvalue weighted by Gasteiger charge is -2.22. The summed E-state index contributed by atoms with van der Waals surface area (Å²) in [6, 6.07) is 6.30. The third-order valence-electron chi connectivity index (χ3n) is 3.13. The number of halogens is 1. The number of hydrogen-bond acceptors (Lipinski definition) is 3. The molecule has 3 nitrogen and oxygen atoms in total. The van der Waals surface area contributed by atoms with Gasteiger partial charge < -0.3 is 15.7 Å². The Hall–Kier alpha value is -0.970. The molecule has 4 heteroatoms. The Morgan fingerprint density at radius 1 is 1.28 bits per heavy atom. The summed E-state index contributed by atoms with van der Waals surface area (Å²) in [6.07, 6.45) is 1.63. The molecule has 0 spiro atoms. The van der Waals surface area contributed by atoms with E-state index in [2.05, 4.69) is 11.8 Å². The normalized spacial score (nSPS) is 12.9. The molecule has 18 heavy (non-hydrogen) atoms. The number of hydrogen-bond donors (Lipinski definition) is 2. The van der Waals surface area contributed by atoms with E-state index in [9.17, 15) is 4.39 Å². The summed E-state index contributed by atoms with van der Waals surface area (Å²) in [5, 5.41) is 8.81. The van der Waals surface area contributed by atoms with Gasteiger partial charge in [0, 0.05) is 19.2 Å². The van der Waals surface area contributed by atoms with Gasteiger partial charge in [0.2, 0.25) is 0 Å². The van der Waals surface area contributed by atoms with Gasteiger partial charge in [-0.1, -0.05) is 19.1 Å². The first kappa shape index (κ1) is 15.1. The number of aliphatic hydroxyl groups excluding tert-OH is 1. The van der Waals surface area contributed by atoms with Crippen molar-refractivity contribution in [2.45, 2.75) is 25.8 Å². The van der Waals surface area contributed by atoms with Crippen molar-refractivity contribution in [3.05, 3.63) is 35.6 Å². The summed E-state index contributed by atoms with van der Waals surface area (Å²) in [5.74, 6) is -0.232. The van der Waals surface area contributed by atoms with E-state index in [0.29, 0.717) is 0 Å². The predicted octanol–water partition coefficient (Wildman–Crippen LogP) is 1.92. The fourth-order valence-corrected chi connectivity index (χ4v) is 1.92. The maximum atomic E-state index is 12.8. The van der Waals surface area contributed by atoms with Gasteiger partial charge in [-0.15, -0.1) is 0 Å². The summed E-state index contributed by atoms with van der Waals surface area (Å²) in [6.45, 7) is 5.07. The van der Waals surface area contributed by atoms with Gasteiger partial charge in [0.25, 0.3) is 0 Å². The highest BCUT2D eigenvalue weighted by Crippen LogP contribution is 2.15. The standard InChI is InChI=1S/C14H23FN2O/c1-2-17(9-3-11-18)10-8-14(16)12-4-6-13(15)7-5-12/h4-7,14,18H,2-3,8-11,16H2,1H3. The molecule has 1 unspecified atom stereocenters. The monoisotopic (exact) mass is 254 g/mol. The van der Waals surface area contributed by atoms with Crippen LogP contribution in [0.4, 0.5) is 4.39 Å². The maximum Gasteiger partial charge on any atom is 0.123 e. The van der Waals surface area contributed by atoms with Crippen molar-refractivity contribution < 1.29 is 9.50 Å². The van der Waals surface area contributed by atoms with E-state index in [0.717, 1.165) is 38.0 Å². The molecule has 1 aromatic rings. The topological polar surface area (TPSA) is 49.5 Å². The number of rotatable bonds is 8. The molecule has 0 amide bonds. The van der Waals surface area contributed by atoms with E-state index in [1.165, 1.54) is 12.1 Å². The molecule has 0 aliphatic carbocycles. The molecular formula is C14H23FN2O. The first-order chi connectivity index (χ1) is 8.67. The predicted molar refractivity (Wildman–Crippen MR) is 71.8 cm³/mol. The molecule has 0 aliphatic heterocycles. The van der Waals surface area contributed by atoms with Crippen molar-refractivity contribution in [1.29, 1.82) is 0 Å². The molecule has 1 aromatic carbocycles. The zero-order chi connectivity index (χ0) is 13.4. The zero-order valence-electron chi connectivity index (χ0n) is 11.0. The van der Waals surface area contributed by atoms with Crippen LogP contribution in [0, 0.1) is 5.82 Å². The van der Waals surface area contributed by atoms with Gasteiger partial charge in [-0.25, -0.2) is 4.39 Å². The van der Waals surface area contributed by atoms with Gasteiger partial charge in [-0.2, -0.15) is 0 Å². The van der Waals surface area contributed by atoms with Gasteiger partial charge in [0.15, 0.2) is 0 Å². The Morgan fingerprint density at radius 2 is 1.94 bits per heavy atom. The van der Waals surface area contributed by atoms with Crippen LogP contribution >= 0.6 is 0 Å². The van der Waals surface area contributed by atoms with E-state index < -0.39 is 0 Å². The Labute approximate surface area is 108 Å². The minimum Gasteiger partial charge on any atom is -0.396 e. The molecule has 0 aromatic heterocycles. The Balaban J connectivity index is 2.39. The highest BCUT2D eigenvalue weighted by Gasteiger charge is 2.09. The van der Waals surface area contributed by atoms with Crippen molar-refractivity contribution >= 4 is 0 Å². The highest BCUT2D eigenvalue weighted by atomic mass is 19.1. The lowest BCUT2D eigenvalue weighted by molar-refractivity contribution is 0.225. The van der Waals surface area contributed by atoms with Gasteiger partial charge in [-0.05, 0) is 43.6 Å². The van der Waals surface area contributed by atoms with Crippen LogP contribution in [-0.2, 0) is 0 Å². The maximum absolute atomic E-state index is 12.8. The van der Waals surface area contributed by atoms with Crippen molar-refractivity contribution in [2.24, 2.45) is 5.73 Å². The van der Waals surface area contributed by atoms with Crippen LogP contribution in [0.15, 0.2) is 24.3 Å². The van der Waals surface area contributed by atoms with Crippen LogP contribution in [0.1, 0.15) is 31.4 Å². The molecule has 0 heterocycles. The van der Waals surface area contributed by atoms with Crippen molar-refractivity contribution in [2.75, 3.05) is 26.2 Å². The van der Waals surface area contributed by atoms with E-state index in [1.54, 1.807) is 12.1 Å². The summed E-state index contributed by atoms with van der Waals surface area (Å²) in [7, 11) is 0. The molecule has 102 valence electrons. The van der Waals surface area contributed by atoms with Crippen LogP contribution < -0.4 is 5.73 Å². The SMILES string of the molecule is CCN(CCCO)CCC(N)c1ccc(F)cc1. The van der Waals surface area contributed by atoms with Crippen LogP contribution in [-0.4, -0.2) is 36.2 Å².